The van der Waals surface area contributed by atoms with E-state index < -0.39 is 11.9 Å². The van der Waals surface area contributed by atoms with Crippen molar-refractivity contribution in [2.45, 2.75) is 26.1 Å². The van der Waals surface area contributed by atoms with E-state index in [1.807, 2.05) is 13.8 Å². The molecule has 0 amide bonds. The van der Waals surface area contributed by atoms with Gasteiger partial charge in [0.15, 0.2) is 0 Å². The average Bonchev–Trinajstić information content (AvgIpc) is 2.39. The first-order valence-corrected chi connectivity index (χ1v) is 6.93. The lowest BCUT2D eigenvalue weighted by Crippen LogP contribution is -2.25. The second-order valence-corrected chi connectivity index (χ2v) is 5.07. The van der Waals surface area contributed by atoms with Gasteiger partial charge in [0.05, 0.1) is 37.1 Å². The van der Waals surface area contributed by atoms with Gasteiger partial charge in [0.1, 0.15) is 5.82 Å². The molecule has 0 bridgehead atoms. The molecule has 0 radical (unpaired) electrons. The summed E-state index contributed by atoms with van der Waals surface area (Å²) in [5.41, 5.74) is 0.564. The second-order valence-electron chi connectivity index (χ2n) is 4.66. The molecule has 0 aliphatic rings. The van der Waals surface area contributed by atoms with Crippen molar-refractivity contribution in [2.75, 3.05) is 31.7 Å². The monoisotopic (exact) mass is 305 g/mol. The van der Waals surface area contributed by atoms with Crippen molar-refractivity contribution in [3.05, 3.63) is 29.0 Å². The smallest absolute Gasteiger partial charge is 0.143 e. The van der Waals surface area contributed by atoms with E-state index in [-0.39, 0.29) is 24.3 Å². The number of hydrogen-bond donors (Lipinski definition) is 2. The van der Waals surface area contributed by atoms with Gasteiger partial charge in [-0.1, -0.05) is 11.6 Å². The molecule has 0 aromatic heterocycles. The van der Waals surface area contributed by atoms with E-state index in [1.165, 1.54) is 12.1 Å². The summed E-state index contributed by atoms with van der Waals surface area (Å²) in [6, 6.07) is 4.40. The number of aliphatic hydroxyl groups is 1. The molecule has 0 saturated heterocycles. The van der Waals surface area contributed by atoms with Crippen LogP contribution in [0, 0.1) is 5.82 Å². The van der Waals surface area contributed by atoms with Gasteiger partial charge in [0, 0.05) is 12.2 Å². The van der Waals surface area contributed by atoms with Crippen LogP contribution in [0.1, 0.15) is 13.8 Å². The third-order valence-electron chi connectivity index (χ3n) is 2.45. The van der Waals surface area contributed by atoms with Crippen LogP contribution in [0.4, 0.5) is 10.1 Å². The highest BCUT2D eigenvalue weighted by molar-refractivity contribution is 6.30. The van der Waals surface area contributed by atoms with Gasteiger partial charge in [-0.15, -0.1) is 0 Å². The first kappa shape index (κ1) is 17.2. The van der Waals surface area contributed by atoms with E-state index in [4.69, 9.17) is 21.1 Å². The van der Waals surface area contributed by atoms with Crippen molar-refractivity contribution in [3.8, 4) is 0 Å². The molecule has 1 aromatic carbocycles. The number of rotatable bonds is 9. The summed E-state index contributed by atoms with van der Waals surface area (Å²) in [5, 5.41) is 12.7. The maximum absolute atomic E-state index is 13.2. The van der Waals surface area contributed by atoms with E-state index in [1.54, 1.807) is 6.07 Å². The van der Waals surface area contributed by atoms with Crippen LogP contribution in [0.2, 0.25) is 5.02 Å². The predicted octanol–water partition coefficient (Wildman–Crippen LogP) is 2.69. The van der Waals surface area contributed by atoms with Gasteiger partial charge >= 0.3 is 0 Å². The molecule has 0 heterocycles. The van der Waals surface area contributed by atoms with E-state index in [0.29, 0.717) is 18.9 Å². The molecule has 1 unspecified atom stereocenters. The van der Waals surface area contributed by atoms with Crippen LogP contribution in [-0.2, 0) is 9.47 Å². The number of aliphatic hydroxyl groups excluding tert-OH is 1. The topological polar surface area (TPSA) is 50.7 Å². The van der Waals surface area contributed by atoms with Crippen molar-refractivity contribution in [3.63, 3.8) is 0 Å². The number of benzene rings is 1. The predicted molar refractivity (Wildman–Crippen MR) is 77.8 cm³/mol. The standard InChI is InChI=1S/C14H21ClFNO3/c1-10(2)20-6-5-19-9-12(18)8-17-11-3-4-13(15)14(16)7-11/h3-4,7,10,12,17-18H,5-6,8-9H2,1-2H3. The fourth-order valence-corrected chi connectivity index (χ4v) is 1.58. The Hall–Kier alpha value is -0.880. The van der Waals surface area contributed by atoms with Crippen LogP contribution >= 0.6 is 11.6 Å². The molecule has 4 nitrogen and oxygen atoms in total. The molecule has 0 fully saturated rings. The fraction of sp³-hybridized carbons (Fsp3) is 0.571. The molecule has 1 aromatic rings. The van der Waals surface area contributed by atoms with Gasteiger partial charge in [-0.3, -0.25) is 0 Å². The van der Waals surface area contributed by atoms with Gasteiger partial charge in [-0.25, -0.2) is 4.39 Å². The summed E-state index contributed by atoms with van der Waals surface area (Å²) >= 11 is 5.58. The largest absolute Gasteiger partial charge is 0.389 e. The van der Waals surface area contributed by atoms with E-state index in [2.05, 4.69) is 5.32 Å². The van der Waals surface area contributed by atoms with Gasteiger partial charge in [-0.2, -0.15) is 0 Å². The van der Waals surface area contributed by atoms with Crippen LogP contribution in [-0.4, -0.2) is 43.7 Å². The number of anilines is 1. The average molecular weight is 306 g/mol. The Kier molecular flexibility index (Phi) is 7.84. The van der Waals surface area contributed by atoms with E-state index in [0.717, 1.165) is 0 Å². The number of nitrogens with one attached hydrogen (secondary N) is 1. The number of halogens is 2. The molecule has 114 valence electrons. The van der Waals surface area contributed by atoms with E-state index >= 15 is 0 Å². The summed E-state index contributed by atoms with van der Waals surface area (Å²) in [4.78, 5) is 0. The normalized spacial score (nSPS) is 12.7. The first-order chi connectivity index (χ1) is 9.49. The number of hydrogen-bond acceptors (Lipinski definition) is 4. The maximum atomic E-state index is 13.2. The number of ether oxygens (including phenoxy) is 2. The minimum atomic E-state index is -0.673. The van der Waals surface area contributed by atoms with Crippen molar-refractivity contribution >= 4 is 17.3 Å². The Balaban J connectivity index is 2.16. The summed E-state index contributed by atoms with van der Waals surface area (Å²) in [6.07, 6.45) is -0.502. The van der Waals surface area contributed by atoms with Crippen LogP contribution in [0.5, 0.6) is 0 Å². The minimum absolute atomic E-state index is 0.0737. The first-order valence-electron chi connectivity index (χ1n) is 6.55. The lowest BCUT2D eigenvalue weighted by atomic mass is 10.3. The van der Waals surface area contributed by atoms with Crippen molar-refractivity contribution in [2.24, 2.45) is 0 Å². The summed E-state index contributed by atoms with van der Waals surface area (Å²) in [6.45, 7) is 5.30. The van der Waals surface area contributed by atoms with Gasteiger partial charge in [-0.05, 0) is 32.0 Å². The van der Waals surface area contributed by atoms with Crippen molar-refractivity contribution in [1.29, 1.82) is 0 Å². The molecular weight excluding hydrogens is 285 g/mol. The highest BCUT2D eigenvalue weighted by Gasteiger charge is 2.06. The SMILES string of the molecule is CC(C)OCCOCC(O)CNc1ccc(Cl)c(F)c1. The molecule has 20 heavy (non-hydrogen) atoms. The molecule has 0 aliphatic carbocycles. The zero-order chi connectivity index (χ0) is 15.0. The van der Waals surface area contributed by atoms with E-state index in [9.17, 15) is 9.50 Å². The Morgan fingerprint density at radius 3 is 2.75 bits per heavy atom. The van der Waals surface area contributed by atoms with Crippen LogP contribution in [0.15, 0.2) is 18.2 Å². The molecule has 0 aliphatic heterocycles. The summed E-state index contributed by atoms with van der Waals surface area (Å²) in [7, 11) is 0. The van der Waals surface area contributed by atoms with Crippen LogP contribution in [0.25, 0.3) is 0 Å². The zero-order valence-electron chi connectivity index (χ0n) is 11.7. The van der Waals surface area contributed by atoms with Crippen molar-refractivity contribution in [1.82, 2.24) is 0 Å². The highest BCUT2D eigenvalue weighted by atomic mass is 35.5. The van der Waals surface area contributed by atoms with Crippen LogP contribution in [0.3, 0.4) is 0 Å². The summed E-state index contributed by atoms with van der Waals surface area (Å²) in [5.74, 6) is -0.492. The minimum Gasteiger partial charge on any atom is -0.389 e. The Morgan fingerprint density at radius 1 is 1.35 bits per heavy atom. The highest BCUT2D eigenvalue weighted by Crippen LogP contribution is 2.18. The third kappa shape index (κ3) is 7.05. The van der Waals surface area contributed by atoms with Crippen molar-refractivity contribution < 1.29 is 19.0 Å². The molecular formula is C14H21ClFNO3. The Labute approximate surface area is 123 Å². The second kappa shape index (κ2) is 9.13. The Bertz CT molecular complexity index is 404. The molecule has 2 N–H and O–H groups in total. The zero-order valence-corrected chi connectivity index (χ0v) is 12.5. The van der Waals surface area contributed by atoms with Gasteiger partial charge < -0.3 is 19.9 Å². The Morgan fingerprint density at radius 2 is 2.10 bits per heavy atom. The van der Waals surface area contributed by atoms with Gasteiger partial charge in [0.2, 0.25) is 0 Å². The molecule has 6 heteroatoms. The summed E-state index contributed by atoms with van der Waals surface area (Å²) < 4.78 is 23.8. The molecule has 1 rings (SSSR count). The molecule has 0 spiro atoms. The fourth-order valence-electron chi connectivity index (χ4n) is 1.46. The molecule has 0 saturated carbocycles. The third-order valence-corrected chi connectivity index (χ3v) is 2.76. The lowest BCUT2D eigenvalue weighted by molar-refractivity contribution is -0.00734. The maximum Gasteiger partial charge on any atom is 0.143 e. The van der Waals surface area contributed by atoms with Crippen LogP contribution < -0.4 is 5.32 Å². The lowest BCUT2D eigenvalue weighted by Gasteiger charge is -2.14. The quantitative estimate of drug-likeness (QED) is 0.689. The van der Waals surface area contributed by atoms with Gasteiger partial charge in [0.25, 0.3) is 0 Å². The molecule has 1 atom stereocenters.